The predicted octanol–water partition coefficient (Wildman–Crippen LogP) is 4.26. The first-order valence-electron chi connectivity index (χ1n) is 5.88. The highest BCUT2D eigenvalue weighted by Gasteiger charge is 2.10. The van der Waals surface area contributed by atoms with E-state index >= 15 is 0 Å². The van der Waals surface area contributed by atoms with Gasteiger partial charge in [0.15, 0.2) is 0 Å². The lowest BCUT2D eigenvalue weighted by Gasteiger charge is -2.12. The molecule has 1 heterocycles. The Hall–Kier alpha value is -2.04. The van der Waals surface area contributed by atoms with Gasteiger partial charge in [-0.25, -0.2) is 4.98 Å². The fourth-order valence-electron chi connectivity index (χ4n) is 1.93. The molecule has 0 fully saturated rings. The fraction of sp³-hybridized carbons (Fsp3) is 0. The van der Waals surface area contributed by atoms with Crippen LogP contribution in [0.3, 0.4) is 0 Å². The van der Waals surface area contributed by atoms with Crippen LogP contribution in [0.15, 0.2) is 42.5 Å². The van der Waals surface area contributed by atoms with E-state index in [0.29, 0.717) is 21.6 Å². The van der Waals surface area contributed by atoms with Crippen molar-refractivity contribution in [3.05, 3.63) is 52.5 Å². The van der Waals surface area contributed by atoms with Crippen LogP contribution in [0.4, 0.5) is 17.5 Å². The second kappa shape index (κ2) is 5.15. The molecule has 100 valence electrons. The Morgan fingerprint density at radius 2 is 1.60 bits per heavy atom. The first-order valence-corrected chi connectivity index (χ1v) is 6.64. The summed E-state index contributed by atoms with van der Waals surface area (Å²) in [4.78, 5) is 8.40. The van der Waals surface area contributed by atoms with Gasteiger partial charge in [-0.05, 0) is 24.3 Å². The molecule has 2 aromatic carbocycles. The molecule has 6 heteroatoms. The molecule has 0 aliphatic carbocycles. The van der Waals surface area contributed by atoms with E-state index in [-0.39, 0.29) is 5.95 Å². The molecule has 0 radical (unpaired) electrons. The number of hydrogen-bond donors (Lipinski definition) is 2. The largest absolute Gasteiger partial charge is 0.368 e. The summed E-state index contributed by atoms with van der Waals surface area (Å²) in [5, 5.41) is 5.00. The van der Waals surface area contributed by atoms with Crippen LogP contribution in [0, 0.1) is 0 Å². The quantitative estimate of drug-likeness (QED) is 0.742. The highest BCUT2D eigenvalue weighted by molar-refractivity contribution is 6.39. The lowest BCUT2D eigenvalue weighted by molar-refractivity contribution is 1.23. The van der Waals surface area contributed by atoms with Gasteiger partial charge in [-0.2, -0.15) is 4.98 Å². The van der Waals surface area contributed by atoms with Crippen molar-refractivity contribution >= 4 is 51.6 Å². The molecule has 1 aromatic heterocycles. The second-order valence-corrected chi connectivity index (χ2v) is 4.98. The van der Waals surface area contributed by atoms with Crippen LogP contribution in [-0.2, 0) is 0 Å². The standard InChI is InChI=1S/C14H10Cl2N4/c15-9-5-3-6-10(16)12(9)19-13-8-4-1-2-7-11(8)18-14(17)20-13/h1-7H,(H3,17,18,19,20). The van der Waals surface area contributed by atoms with Crippen LogP contribution >= 0.6 is 23.2 Å². The maximum atomic E-state index is 6.15. The minimum absolute atomic E-state index is 0.189. The third kappa shape index (κ3) is 2.35. The zero-order chi connectivity index (χ0) is 14.1. The van der Waals surface area contributed by atoms with Gasteiger partial charge in [-0.15, -0.1) is 0 Å². The van der Waals surface area contributed by atoms with Crippen molar-refractivity contribution in [2.45, 2.75) is 0 Å². The maximum Gasteiger partial charge on any atom is 0.222 e. The lowest BCUT2D eigenvalue weighted by Crippen LogP contribution is -2.02. The predicted molar refractivity (Wildman–Crippen MR) is 83.7 cm³/mol. The van der Waals surface area contributed by atoms with Crippen molar-refractivity contribution in [2.24, 2.45) is 0 Å². The molecule has 0 saturated carbocycles. The van der Waals surface area contributed by atoms with Crippen molar-refractivity contribution in [1.29, 1.82) is 0 Å². The summed E-state index contributed by atoms with van der Waals surface area (Å²) < 4.78 is 0. The number of anilines is 3. The highest BCUT2D eigenvalue weighted by Crippen LogP contribution is 2.34. The van der Waals surface area contributed by atoms with E-state index in [2.05, 4.69) is 15.3 Å². The van der Waals surface area contributed by atoms with E-state index in [9.17, 15) is 0 Å². The Balaban J connectivity index is 2.16. The van der Waals surface area contributed by atoms with E-state index in [0.717, 1.165) is 10.9 Å². The fourth-order valence-corrected chi connectivity index (χ4v) is 2.42. The summed E-state index contributed by atoms with van der Waals surface area (Å²) in [7, 11) is 0. The summed E-state index contributed by atoms with van der Waals surface area (Å²) in [5.74, 6) is 0.762. The van der Waals surface area contributed by atoms with Gasteiger partial charge in [-0.3, -0.25) is 0 Å². The van der Waals surface area contributed by atoms with E-state index in [1.807, 2.05) is 24.3 Å². The van der Waals surface area contributed by atoms with Crippen molar-refractivity contribution in [3.63, 3.8) is 0 Å². The number of benzene rings is 2. The molecule has 0 amide bonds. The van der Waals surface area contributed by atoms with Gasteiger partial charge in [0, 0.05) is 5.39 Å². The molecule has 0 aliphatic rings. The van der Waals surface area contributed by atoms with Crippen molar-refractivity contribution in [1.82, 2.24) is 9.97 Å². The summed E-state index contributed by atoms with van der Waals surface area (Å²) in [6.07, 6.45) is 0. The number of para-hydroxylation sites is 2. The number of nitrogens with zero attached hydrogens (tertiary/aromatic N) is 2. The molecule has 0 spiro atoms. The average molecular weight is 305 g/mol. The third-order valence-corrected chi connectivity index (χ3v) is 3.46. The van der Waals surface area contributed by atoms with Gasteiger partial charge in [-0.1, -0.05) is 41.4 Å². The Morgan fingerprint density at radius 3 is 2.35 bits per heavy atom. The highest BCUT2D eigenvalue weighted by atomic mass is 35.5. The monoisotopic (exact) mass is 304 g/mol. The number of rotatable bonds is 2. The molecule has 0 bridgehead atoms. The van der Waals surface area contributed by atoms with E-state index in [1.165, 1.54) is 0 Å². The third-order valence-electron chi connectivity index (χ3n) is 2.83. The van der Waals surface area contributed by atoms with Crippen LogP contribution < -0.4 is 11.1 Å². The number of nitrogens with one attached hydrogen (secondary N) is 1. The number of halogens is 2. The number of hydrogen-bond acceptors (Lipinski definition) is 4. The van der Waals surface area contributed by atoms with Gasteiger partial charge in [0.2, 0.25) is 5.95 Å². The second-order valence-electron chi connectivity index (χ2n) is 4.17. The normalized spacial score (nSPS) is 10.7. The Labute approximate surface area is 125 Å². The number of nitrogens with two attached hydrogens (primary N) is 1. The summed E-state index contributed by atoms with van der Waals surface area (Å²) in [6.45, 7) is 0. The Morgan fingerprint density at radius 1 is 0.900 bits per heavy atom. The van der Waals surface area contributed by atoms with Crippen LogP contribution in [0.1, 0.15) is 0 Å². The maximum absolute atomic E-state index is 6.15. The smallest absolute Gasteiger partial charge is 0.222 e. The summed E-state index contributed by atoms with van der Waals surface area (Å²) in [6, 6.07) is 12.9. The molecule has 0 saturated heterocycles. The molecule has 0 atom stereocenters. The van der Waals surface area contributed by atoms with Gasteiger partial charge in [0.25, 0.3) is 0 Å². The van der Waals surface area contributed by atoms with Crippen molar-refractivity contribution in [2.75, 3.05) is 11.1 Å². The molecule has 0 unspecified atom stereocenters. The zero-order valence-electron chi connectivity index (χ0n) is 10.3. The SMILES string of the molecule is Nc1nc(Nc2c(Cl)cccc2Cl)c2ccccc2n1. The summed E-state index contributed by atoms with van der Waals surface area (Å²) in [5.41, 5.74) is 7.08. The van der Waals surface area contributed by atoms with Gasteiger partial charge in [0.05, 0.1) is 21.2 Å². The molecule has 0 aliphatic heterocycles. The minimum atomic E-state index is 0.189. The zero-order valence-corrected chi connectivity index (χ0v) is 11.8. The Kier molecular flexibility index (Phi) is 3.34. The molecule has 3 aromatic rings. The van der Waals surface area contributed by atoms with Crippen LogP contribution in [0.5, 0.6) is 0 Å². The minimum Gasteiger partial charge on any atom is -0.368 e. The number of nitrogen functional groups attached to an aromatic ring is 1. The van der Waals surface area contributed by atoms with Crippen LogP contribution in [0.25, 0.3) is 10.9 Å². The van der Waals surface area contributed by atoms with E-state index < -0.39 is 0 Å². The molecule has 20 heavy (non-hydrogen) atoms. The molecular weight excluding hydrogens is 295 g/mol. The van der Waals surface area contributed by atoms with Crippen LogP contribution in [0.2, 0.25) is 10.0 Å². The number of fused-ring (bicyclic) bond motifs is 1. The Bertz CT molecular complexity index is 769. The molecule has 4 nitrogen and oxygen atoms in total. The lowest BCUT2D eigenvalue weighted by atomic mass is 10.2. The topological polar surface area (TPSA) is 63.8 Å². The van der Waals surface area contributed by atoms with Gasteiger partial charge >= 0.3 is 0 Å². The molecule has 3 N–H and O–H groups in total. The van der Waals surface area contributed by atoms with E-state index in [4.69, 9.17) is 28.9 Å². The number of aromatic nitrogens is 2. The van der Waals surface area contributed by atoms with Crippen molar-refractivity contribution in [3.8, 4) is 0 Å². The first kappa shape index (κ1) is 13.0. The van der Waals surface area contributed by atoms with Gasteiger partial charge in [0.1, 0.15) is 5.82 Å². The first-order chi connectivity index (χ1) is 9.65. The van der Waals surface area contributed by atoms with Crippen LogP contribution in [-0.4, -0.2) is 9.97 Å². The van der Waals surface area contributed by atoms with Gasteiger partial charge < -0.3 is 11.1 Å². The molecule has 3 rings (SSSR count). The molecular formula is C14H10Cl2N4. The van der Waals surface area contributed by atoms with Crippen molar-refractivity contribution < 1.29 is 0 Å². The average Bonchev–Trinajstić information content (AvgIpc) is 2.42. The summed E-state index contributed by atoms with van der Waals surface area (Å²) >= 11 is 12.3. The van der Waals surface area contributed by atoms with E-state index in [1.54, 1.807) is 18.2 Å².